The Bertz CT molecular complexity index is 1550. The summed E-state index contributed by atoms with van der Waals surface area (Å²) in [4.78, 5) is 34.5. The molecule has 226 valence electrons. The van der Waals surface area contributed by atoms with Gasteiger partial charge in [0.25, 0.3) is 0 Å². The molecule has 0 bridgehead atoms. The van der Waals surface area contributed by atoms with Crippen LogP contribution in [0.1, 0.15) is 24.1 Å². The molecule has 2 atom stereocenters. The van der Waals surface area contributed by atoms with Crippen LogP contribution in [-0.2, 0) is 17.8 Å². The monoisotopic (exact) mass is 603 g/mol. The maximum Gasteiger partial charge on any atom is 0.318 e. The number of halogens is 1. The minimum Gasteiger partial charge on any atom is -0.462 e. The highest BCUT2D eigenvalue weighted by Crippen LogP contribution is 2.35. The minimum absolute atomic E-state index is 0. The molecule has 1 unspecified atom stereocenters. The Balaban J connectivity index is 0.00000368. The van der Waals surface area contributed by atoms with Crippen molar-refractivity contribution in [1.29, 1.82) is 0 Å². The molecule has 43 heavy (non-hydrogen) atoms. The number of hydrogen-bond acceptors (Lipinski definition) is 7. The molecule has 3 aliphatic rings. The lowest BCUT2D eigenvalue weighted by Crippen LogP contribution is -2.56. The maximum atomic E-state index is 14.2. The van der Waals surface area contributed by atoms with Crippen molar-refractivity contribution in [2.75, 3.05) is 62.7 Å². The number of rotatable bonds is 7. The van der Waals surface area contributed by atoms with E-state index in [9.17, 15) is 9.18 Å². The molecule has 2 aromatic carbocycles. The van der Waals surface area contributed by atoms with Gasteiger partial charge in [-0.2, -0.15) is 23.5 Å². The van der Waals surface area contributed by atoms with Crippen molar-refractivity contribution in [3.8, 4) is 6.01 Å². The summed E-state index contributed by atoms with van der Waals surface area (Å²) in [5, 5.41) is 1.87. The third kappa shape index (κ3) is 6.26. The highest BCUT2D eigenvalue weighted by molar-refractivity contribution is 7.59. The highest BCUT2D eigenvalue weighted by atomic mass is 32.1. The van der Waals surface area contributed by atoms with Crippen molar-refractivity contribution < 1.29 is 13.9 Å². The molecule has 6 rings (SSSR count). The first-order valence-electron chi connectivity index (χ1n) is 14.6. The second-order valence-corrected chi connectivity index (χ2v) is 11.3. The number of likely N-dealkylation sites (N-methyl/N-ethyl adjacent to an activating group) is 1. The normalized spacial score (nSPS) is 20.3. The highest BCUT2D eigenvalue weighted by Gasteiger charge is 2.35. The van der Waals surface area contributed by atoms with Crippen LogP contribution in [0.25, 0.3) is 15.6 Å². The molecule has 3 aliphatic heterocycles. The average molecular weight is 604 g/mol. The lowest BCUT2D eigenvalue weighted by molar-refractivity contribution is -0.128. The van der Waals surface area contributed by atoms with Gasteiger partial charge in [-0.1, -0.05) is 24.8 Å². The SMILES string of the molecule is S.[C-]#[N+]CC1CN(c2nc(OC[C@@H]3CCCN3C)nc3c2CCN(c2cccc4ccc(F)cc24)C3)CCN1C(=O)C=C. The zero-order valence-electron chi connectivity index (χ0n) is 24.5. The number of hydrogen-bond donors (Lipinski definition) is 0. The van der Waals surface area contributed by atoms with E-state index >= 15 is 0 Å². The third-order valence-electron chi connectivity index (χ3n) is 8.80. The Morgan fingerprint density at radius 3 is 2.79 bits per heavy atom. The molecule has 11 heteroatoms. The summed E-state index contributed by atoms with van der Waals surface area (Å²) in [6.45, 7) is 15.8. The van der Waals surface area contributed by atoms with Crippen LogP contribution in [0.2, 0.25) is 0 Å². The number of carbonyl (C=O) groups excluding carboxylic acids is 1. The fourth-order valence-electron chi connectivity index (χ4n) is 6.50. The summed E-state index contributed by atoms with van der Waals surface area (Å²) >= 11 is 0. The molecule has 0 spiro atoms. The number of carbonyl (C=O) groups is 1. The lowest BCUT2D eigenvalue weighted by atomic mass is 10.0. The molecular formula is C32H38FN7O2S. The first kappa shape index (κ1) is 30.6. The Kier molecular flexibility index (Phi) is 9.37. The molecule has 0 radical (unpaired) electrons. The van der Waals surface area contributed by atoms with Gasteiger partial charge in [0.15, 0.2) is 0 Å². The van der Waals surface area contributed by atoms with Crippen molar-refractivity contribution in [1.82, 2.24) is 19.8 Å². The fourth-order valence-corrected chi connectivity index (χ4v) is 6.50. The van der Waals surface area contributed by atoms with Gasteiger partial charge in [-0.15, -0.1) is 0 Å². The Morgan fingerprint density at radius 2 is 2.02 bits per heavy atom. The molecule has 0 N–H and O–H groups in total. The van der Waals surface area contributed by atoms with Gasteiger partial charge >= 0.3 is 6.01 Å². The molecule has 0 aliphatic carbocycles. The minimum atomic E-state index is -0.257. The van der Waals surface area contributed by atoms with Gasteiger partial charge in [-0.05, 0) is 62.5 Å². The summed E-state index contributed by atoms with van der Waals surface area (Å²) < 4.78 is 20.5. The second-order valence-electron chi connectivity index (χ2n) is 11.3. The number of fused-ring (bicyclic) bond motifs is 2. The topological polar surface area (TPSA) is 69.4 Å². The predicted molar refractivity (Wildman–Crippen MR) is 172 cm³/mol. The smallest absolute Gasteiger partial charge is 0.318 e. The van der Waals surface area contributed by atoms with E-state index in [2.05, 4.69) is 33.2 Å². The molecule has 1 amide bonds. The molecular weight excluding hydrogens is 565 g/mol. The van der Waals surface area contributed by atoms with Crippen LogP contribution in [0.15, 0.2) is 49.1 Å². The van der Waals surface area contributed by atoms with E-state index in [1.165, 1.54) is 12.1 Å². The standard InChI is InChI=1S/C32H36FN7O2.H2S/c1-4-30(41)40-16-15-39(19-25(40)18-34-2)31-26-12-14-38(29-9-5-7-22-10-11-23(33)17-27(22)29)20-28(26)35-32(36-31)42-21-24-8-6-13-37(24)3;/h4-5,7,9-11,17,24-25H,1,6,8,12-16,18-21H2,3H3;1H2/t24-,25?;/m0./s1. The molecule has 0 saturated carbocycles. The number of anilines is 2. The largest absolute Gasteiger partial charge is 0.462 e. The van der Waals surface area contributed by atoms with Gasteiger partial charge in [-0.3, -0.25) is 4.79 Å². The molecule has 2 fully saturated rings. The Hall–Kier alpha value is -3.88. The van der Waals surface area contributed by atoms with E-state index in [4.69, 9.17) is 21.3 Å². The van der Waals surface area contributed by atoms with Crippen molar-refractivity contribution in [2.45, 2.75) is 37.9 Å². The second kappa shape index (κ2) is 13.2. The average Bonchev–Trinajstić information content (AvgIpc) is 3.43. The van der Waals surface area contributed by atoms with Crippen molar-refractivity contribution >= 4 is 41.7 Å². The van der Waals surface area contributed by atoms with Gasteiger partial charge in [0.1, 0.15) is 24.3 Å². The maximum absolute atomic E-state index is 14.2. The van der Waals surface area contributed by atoms with Gasteiger partial charge in [-0.25, -0.2) is 11.0 Å². The Morgan fingerprint density at radius 1 is 1.16 bits per heavy atom. The van der Waals surface area contributed by atoms with Crippen molar-refractivity contribution in [3.05, 3.63) is 77.5 Å². The first-order valence-corrected chi connectivity index (χ1v) is 14.6. The molecule has 2 saturated heterocycles. The van der Waals surface area contributed by atoms with Crippen LogP contribution in [0.4, 0.5) is 15.9 Å². The number of piperazine rings is 1. The number of likely N-dealkylation sites (tertiary alicyclic amines) is 1. The number of benzene rings is 2. The predicted octanol–water partition coefficient (Wildman–Crippen LogP) is 4.04. The van der Waals surface area contributed by atoms with E-state index in [0.717, 1.165) is 59.5 Å². The van der Waals surface area contributed by atoms with E-state index in [1.807, 2.05) is 24.3 Å². The van der Waals surface area contributed by atoms with Crippen LogP contribution in [-0.4, -0.2) is 90.7 Å². The lowest BCUT2D eigenvalue weighted by Gasteiger charge is -2.41. The summed E-state index contributed by atoms with van der Waals surface area (Å²) in [5.41, 5.74) is 2.93. The summed E-state index contributed by atoms with van der Waals surface area (Å²) in [6.07, 6.45) is 4.26. The van der Waals surface area contributed by atoms with E-state index in [1.54, 1.807) is 11.0 Å². The van der Waals surface area contributed by atoms with Crippen LogP contribution < -0.4 is 14.5 Å². The van der Waals surface area contributed by atoms with Crippen LogP contribution in [0, 0.1) is 12.4 Å². The number of ether oxygens (including phenoxy) is 1. The van der Waals surface area contributed by atoms with Crippen molar-refractivity contribution in [3.63, 3.8) is 0 Å². The van der Waals surface area contributed by atoms with Gasteiger partial charge in [0, 0.05) is 48.9 Å². The van der Waals surface area contributed by atoms with Gasteiger partial charge in [0.05, 0.1) is 12.2 Å². The van der Waals surface area contributed by atoms with Crippen LogP contribution >= 0.6 is 13.5 Å². The molecule has 1 aromatic heterocycles. The van der Waals surface area contributed by atoms with Crippen LogP contribution in [0.3, 0.4) is 0 Å². The number of aromatic nitrogens is 2. The number of nitrogens with zero attached hydrogens (tertiary/aromatic N) is 7. The van der Waals surface area contributed by atoms with Gasteiger partial charge in [0.2, 0.25) is 12.5 Å². The quantitative estimate of drug-likeness (QED) is 0.298. The molecule has 4 heterocycles. The zero-order chi connectivity index (χ0) is 29.2. The zero-order valence-corrected chi connectivity index (χ0v) is 25.5. The van der Waals surface area contributed by atoms with Gasteiger partial charge < -0.3 is 29.2 Å². The van der Waals surface area contributed by atoms with E-state index in [0.29, 0.717) is 51.3 Å². The van der Waals surface area contributed by atoms with Crippen LogP contribution in [0.5, 0.6) is 6.01 Å². The molecule has 3 aromatic rings. The van der Waals surface area contributed by atoms with E-state index in [-0.39, 0.29) is 37.8 Å². The number of amides is 1. The van der Waals surface area contributed by atoms with Crippen molar-refractivity contribution in [2.24, 2.45) is 0 Å². The molecule has 9 nitrogen and oxygen atoms in total. The fraction of sp³-hybridized carbons (Fsp3) is 0.438. The summed E-state index contributed by atoms with van der Waals surface area (Å²) in [6, 6.07) is 11.4. The first-order chi connectivity index (χ1) is 20.4. The third-order valence-corrected chi connectivity index (χ3v) is 8.80. The summed E-state index contributed by atoms with van der Waals surface area (Å²) in [7, 11) is 2.12. The summed E-state index contributed by atoms with van der Waals surface area (Å²) in [5.74, 6) is 0.409. The van der Waals surface area contributed by atoms with E-state index < -0.39 is 0 Å². The Labute approximate surface area is 259 Å².